The van der Waals surface area contributed by atoms with Crippen molar-refractivity contribution in [1.82, 2.24) is 0 Å². The van der Waals surface area contributed by atoms with E-state index in [4.69, 9.17) is 0 Å². The average molecular weight is 212 g/mol. The fourth-order valence-electron chi connectivity index (χ4n) is 2.69. The lowest BCUT2D eigenvalue weighted by Gasteiger charge is -2.37. The van der Waals surface area contributed by atoms with Crippen molar-refractivity contribution >= 4 is 11.8 Å². The monoisotopic (exact) mass is 212 g/mol. The number of aliphatic carboxylic acids is 1. The van der Waals surface area contributed by atoms with Gasteiger partial charge in [-0.2, -0.15) is 0 Å². The molecule has 3 heteroatoms. The summed E-state index contributed by atoms with van der Waals surface area (Å²) in [7, 11) is 0. The van der Waals surface area contributed by atoms with E-state index in [0.29, 0.717) is 19.3 Å². The van der Waals surface area contributed by atoms with Crippen LogP contribution in [-0.2, 0) is 9.59 Å². The van der Waals surface area contributed by atoms with Gasteiger partial charge in [-0.15, -0.1) is 0 Å². The number of carbonyl (C=O) groups is 2. The molecule has 1 saturated carbocycles. The lowest BCUT2D eigenvalue weighted by Crippen LogP contribution is -2.42. The van der Waals surface area contributed by atoms with Crippen LogP contribution < -0.4 is 0 Å². The molecule has 0 heterocycles. The van der Waals surface area contributed by atoms with Gasteiger partial charge in [0.15, 0.2) is 0 Å². The number of Topliss-reactive ketones (excluding diaryl/α,β-unsaturated/α-hetero) is 1. The molecule has 0 bridgehead atoms. The number of hydrogen-bond acceptors (Lipinski definition) is 2. The van der Waals surface area contributed by atoms with Gasteiger partial charge >= 0.3 is 5.97 Å². The molecule has 0 aromatic carbocycles. The van der Waals surface area contributed by atoms with E-state index in [1.54, 1.807) is 6.92 Å². The molecule has 15 heavy (non-hydrogen) atoms. The third-order valence-electron chi connectivity index (χ3n) is 4.44. The second-order valence-electron chi connectivity index (χ2n) is 5.27. The Bertz CT molecular complexity index is 293. The molecule has 1 fully saturated rings. The van der Waals surface area contributed by atoms with Crippen molar-refractivity contribution in [2.75, 3.05) is 0 Å². The Labute approximate surface area is 90.9 Å². The van der Waals surface area contributed by atoms with Crippen molar-refractivity contribution < 1.29 is 14.7 Å². The molecule has 1 N–H and O–H groups in total. The molecule has 1 rings (SSSR count). The fourth-order valence-corrected chi connectivity index (χ4v) is 2.69. The van der Waals surface area contributed by atoms with E-state index < -0.39 is 16.8 Å². The molecule has 0 amide bonds. The number of rotatable bonds is 3. The molecular weight excluding hydrogens is 192 g/mol. The van der Waals surface area contributed by atoms with Crippen LogP contribution in [0.5, 0.6) is 0 Å². The van der Waals surface area contributed by atoms with Crippen LogP contribution in [0.3, 0.4) is 0 Å². The Morgan fingerprint density at radius 2 is 1.87 bits per heavy atom. The number of ketones is 1. The van der Waals surface area contributed by atoms with E-state index >= 15 is 0 Å². The summed E-state index contributed by atoms with van der Waals surface area (Å²) < 4.78 is 0. The van der Waals surface area contributed by atoms with E-state index in [9.17, 15) is 14.7 Å². The summed E-state index contributed by atoms with van der Waals surface area (Å²) in [6.07, 6.45) is 1.82. The Morgan fingerprint density at radius 1 is 1.33 bits per heavy atom. The number of carbonyl (C=O) groups excluding carboxylic acids is 1. The van der Waals surface area contributed by atoms with Crippen molar-refractivity contribution in [2.45, 2.75) is 47.0 Å². The van der Waals surface area contributed by atoms with Gasteiger partial charge < -0.3 is 5.11 Å². The summed E-state index contributed by atoms with van der Waals surface area (Å²) >= 11 is 0. The molecule has 0 radical (unpaired) electrons. The first kappa shape index (κ1) is 12.2. The molecule has 2 unspecified atom stereocenters. The normalized spacial score (nSPS) is 34.0. The average Bonchev–Trinajstić information content (AvgIpc) is 2.39. The van der Waals surface area contributed by atoms with Crippen molar-refractivity contribution in [3.05, 3.63) is 0 Å². The lowest BCUT2D eigenvalue weighted by atomic mass is 9.64. The topological polar surface area (TPSA) is 54.4 Å². The zero-order valence-corrected chi connectivity index (χ0v) is 9.96. The Hall–Kier alpha value is -0.860. The minimum Gasteiger partial charge on any atom is -0.481 e. The van der Waals surface area contributed by atoms with Crippen LogP contribution in [-0.4, -0.2) is 16.9 Å². The summed E-state index contributed by atoms with van der Waals surface area (Å²) in [5.41, 5.74) is -1.20. The van der Waals surface area contributed by atoms with Crippen LogP contribution in [0.25, 0.3) is 0 Å². The molecule has 0 aromatic rings. The smallest absolute Gasteiger partial charge is 0.309 e. The van der Waals surface area contributed by atoms with Gasteiger partial charge in [0.05, 0.1) is 5.41 Å². The van der Waals surface area contributed by atoms with Crippen LogP contribution in [0.4, 0.5) is 0 Å². The van der Waals surface area contributed by atoms with Crippen LogP contribution in [0.15, 0.2) is 0 Å². The highest BCUT2D eigenvalue weighted by atomic mass is 16.4. The maximum Gasteiger partial charge on any atom is 0.309 e. The summed E-state index contributed by atoms with van der Waals surface area (Å²) in [6.45, 7) is 7.42. The Kier molecular flexibility index (Phi) is 2.94. The summed E-state index contributed by atoms with van der Waals surface area (Å²) in [4.78, 5) is 23.0. The molecule has 1 aliphatic carbocycles. The van der Waals surface area contributed by atoms with Gasteiger partial charge in [-0.25, -0.2) is 0 Å². The van der Waals surface area contributed by atoms with Gasteiger partial charge in [0.25, 0.3) is 0 Å². The van der Waals surface area contributed by atoms with Gasteiger partial charge in [-0.3, -0.25) is 9.59 Å². The molecular formula is C12H20O3. The molecule has 86 valence electrons. The first-order chi connectivity index (χ1) is 6.77. The first-order valence-electron chi connectivity index (χ1n) is 5.53. The van der Waals surface area contributed by atoms with Crippen LogP contribution in [0.1, 0.15) is 47.0 Å². The second kappa shape index (κ2) is 3.62. The van der Waals surface area contributed by atoms with E-state index in [2.05, 4.69) is 0 Å². The van der Waals surface area contributed by atoms with Crippen molar-refractivity contribution in [3.8, 4) is 0 Å². The SMILES string of the molecule is CCC(=O)C1CCC(C)(C(=O)O)C1(C)C. The van der Waals surface area contributed by atoms with Gasteiger partial charge in [0.2, 0.25) is 0 Å². The van der Waals surface area contributed by atoms with E-state index in [1.807, 2.05) is 20.8 Å². The lowest BCUT2D eigenvalue weighted by molar-refractivity contribution is -0.155. The van der Waals surface area contributed by atoms with E-state index in [-0.39, 0.29) is 11.7 Å². The molecule has 1 aliphatic rings. The molecule has 0 aromatic heterocycles. The predicted molar refractivity (Wildman–Crippen MR) is 57.5 cm³/mol. The minimum atomic E-state index is -0.779. The predicted octanol–water partition coefficient (Wildman–Crippen LogP) is 2.49. The molecule has 0 saturated heterocycles. The summed E-state index contributed by atoms with van der Waals surface area (Å²) in [5, 5.41) is 9.27. The third-order valence-corrected chi connectivity index (χ3v) is 4.44. The zero-order valence-electron chi connectivity index (χ0n) is 9.96. The second-order valence-corrected chi connectivity index (χ2v) is 5.27. The minimum absolute atomic E-state index is 0.0939. The van der Waals surface area contributed by atoms with Crippen LogP contribution in [0, 0.1) is 16.7 Å². The molecule has 2 atom stereocenters. The Balaban J connectivity index is 3.04. The maximum absolute atomic E-state index is 11.7. The van der Waals surface area contributed by atoms with E-state index in [0.717, 1.165) is 0 Å². The number of carboxylic acid groups (broad SMARTS) is 1. The van der Waals surface area contributed by atoms with E-state index in [1.165, 1.54) is 0 Å². The summed E-state index contributed by atoms with van der Waals surface area (Å²) in [5.74, 6) is -0.674. The highest BCUT2D eigenvalue weighted by Gasteiger charge is 2.57. The van der Waals surface area contributed by atoms with Crippen molar-refractivity contribution in [1.29, 1.82) is 0 Å². The van der Waals surface area contributed by atoms with Crippen LogP contribution >= 0.6 is 0 Å². The zero-order chi connectivity index (χ0) is 11.9. The largest absolute Gasteiger partial charge is 0.481 e. The molecule has 0 spiro atoms. The number of carboxylic acids is 1. The van der Waals surface area contributed by atoms with Crippen molar-refractivity contribution in [2.24, 2.45) is 16.7 Å². The number of hydrogen-bond donors (Lipinski definition) is 1. The highest BCUT2D eigenvalue weighted by molar-refractivity contribution is 5.85. The quantitative estimate of drug-likeness (QED) is 0.782. The molecule has 3 nitrogen and oxygen atoms in total. The fraction of sp³-hybridized carbons (Fsp3) is 0.833. The van der Waals surface area contributed by atoms with Gasteiger partial charge in [-0.1, -0.05) is 20.8 Å². The maximum atomic E-state index is 11.7. The standard InChI is InChI=1S/C12H20O3/c1-5-9(13)8-6-7-12(4,10(14)15)11(8,2)3/h8H,5-7H2,1-4H3,(H,14,15). The molecule has 0 aliphatic heterocycles. The van der Waals surface area contributed by atoms with Gasteiger partial charge in [-0.05, 0) is 25.2 Å². The van der Waals surface area contributed by atoms with Crippen molar-refractivity contribution in [3.63, 3.8) is 0 Å². The Morgan fingerprint density at radius 3 is 2.20 bits per heavy atom. The third kappa shape index (κ3) is 1.58. The highest BCUT2D eigenvalue weighted by Crippen LogP contribution is 2.56. The van der Waals surface area contributed by atoms with Gasteiger partial charge in [0.1, 0.15) is 5.78 Å². The van der Waals surface area contributed by atoms with Gasteiger partial charge in [0, 0.05) is 12.3 Å². The first-order valence-corrected chi connectivity index (χ1v) is 5.53. The van der Waals surface area contributed by atoms with Crippen LogP contribution in [0.2, 0.25) is 0 Å². The summed E-state index contributed by atoms with van der Waals surface area (Å²) in [6, 6.07) is 0.